The molecule has 1 atom stereocenters. The summed E-state index contributed by atoms with van der Waals surface area (Å²) >= 11 is 0. The Morgan fingerprint density at radius 2 is 2.29 bits per heavy atom. The van der Waals surface area contributed by atoms with E-state index in [1.54, 1.807) is 18.7 Å². The van der Waals surface area contributed by atoms with Crippen LogP contribution < -0.4 is 5.73 Å². The van der Waals surface area contributed by atoms with Crippen molar-refractivity contribution in [1.29, 1.82) is 0 Å². The van der Waals surface area contributed by atoms with E-state index in [9.17, 15) is 4.79 Å². The van der Waals surface area contributed by atoms with Gasteiger partial charge in [-0.2, -0.15) is 0 Å². The predicted octanol–water partition coefficient (Wildman–Crippen LogP) is -0.0516. The summed E-state index contributed by atoms with van der Waals surface area (Å²) in [4.78, 5) is 11.6. The van der Waals surface area contributed by atoms with Crippen LogP contribution in [0.25, 0.3) is 0 Å². The largest absolute Gasteiger partial charge is 0.461 e. The maximum atomic E-state index is 11.6. The van der Waals surface area contributed by atoms with Crippen LogP contribution in [-0.2, 0) is 22.6 Å². The molecule has 0 aliphatic heterocycles. The highest BCUT2D eigenvalue weighted by molar-refractivity contribution is 5.88. The van der Waals surface area contributed by atoms with E-state index in [4.69, 9.17) is 15.2 Å². The summed E-state index contributed by atoms with van der Waals surface area (Å²) in [6.45, 7) is 4.60. The van der Waals surface area contributed by atoms with Crippen molar-refractivity contribution in [2.24, 2.45) is 5.73 Å². The lowest BCUT2D eigenvalue weighted by Crippen LogP contribution is -2.20. The maximum Gasteiger partial charge on any atom is 0.360 e. The quantitative estimate of drug-likeness (QED) is 0.703. The van der Waals surface area contributed by atoms with E-state index in [-0.39, 0.29) is 18.3 Å². The molecular weight excluding hydrogens is 224 g/mol. The minimum absolute atomic E-state index is 0.0305. The fourth-order valence-corrected chi connectivity index (χ4v) is 1.36. The number of nitrogens with zero attached hydrogens (tertiary/aromatic N) is 3. The molecule has 0 amide bonds. The van der Waals surface area contributed by atoms with Crippen LogP contribution in [0.15, 0.2) is 0 Å². The van der Waals surface area contributed by atoms with Gasteiger partial charge in [-0.15, -0.1) is 5.10 Å². The van der Waals surface area contributed by atoms with Crippen molar-refractivity contribution in [2.45, 2.75) is 33.0 Å². The van der Waals surface area contributed by atoms with Crippen molar-refractivity contribution in [1.82, 2.24) is 15.0 Å². The number of esters is 1. The highest BCUT2D eigenvalue weighted by Crippen LogP contribution is 2.08. The van der Waals surface area contributed by atoms with Gasteiger partial charge in [0.2, 0.25) is 0 Å². The topological polar surface area (TPSA) is 92.3 Å². The van der Waals surface area contributed by atoms with E-state index in [2.05, 4.69) is 10.3 Å². The van der Waals surface area contributed by atoms with Crippen molar-refractivity contribution in [3.63, 3.8) is 0 Å². The Morgan fingerprint density at radius 3 is 2.82 bits per heavy atom. The van der Waals surface area contributed by atoms with Crippen LogP contribution in [-0.4, -0.2) is 40.8 Å². The molecule has 1 rings (SSSR count). The summed E-state index contributed by atoms with van der Waals surface area (Å²) in [7, 11) is 1.61. The molecule has 1 unspecified atom stereocenters. The van der Waals surface area contributed by atoms with Gasteiger partial charge in [0.1, 0.15) is 0 Å². The molecule has 1 heterocycles. The summed E-state index contributed by atoms with van der Waals surface area (Å²) in [5, 5.41) is 7.68. The zero-order valence-corrected chi connectivity index (χ0v) is 10.3. The number of methoxy groups -OCH3 is 1. The van der Waals surface area contributed by atoms with Gasteiger partial charge < -0.3 is 15.2 Å². The minimum atomic E-state index is -0.496. The molecule has 96 valence electrons. The summed E-state index contributed by atoms with van der Waals surface area (Å²) < 4.78 is 11.6. The van der Waals surface area contributed by atoms with E-state index in [0.29, 0.717) is 18.8 Å². The first-order valence-corrected chi connectivity index (χ1v) is 5.46. The first-order chi connectivity index (χ1) is 8.13. The van der Waals surface area contributed by atoms with Crippen LogP contribution >= 0.6 is 0 Å². The summed E-state index contributed by atoms with van der Waals surface area (Å²) in [5.41, 5.74) is 6.34. The Labute approximate surface area is 99.9 Å². The molecule has 0 aliphatic carbocycles. The molecule has 0 bridgehead atoms. The standard InChI is InChI=1S/C10H18N4O3/c1-4-17-10(15)9-8(5-11)14(13-12-9)6-7(2)16-3/h7H,4-6,11H2,1-3H3. The molecule has 0 aliphatic rings. The number of rotatable bonds is 6. The van der Waals surface area contributed by atoms with Gasteiger partial charge >= 0.3 is 5.97 Å². The van der Waals surface area contributed by atoms with Crippen LogP contribution in [0.5, 0.6) is 0 Å². The number of aromatic nitrogens is 3. The molecule has 0 spiro atoms. The lowest BCUT2D eigenvalue weighted by atomic mass is 10.3. The third-order valence-electron chi connectivity index (χ3n) is 2.33. The highest BCUT2D eigenvalue weighted by Gasteiger charge is 2.20. The summed E-state index contributed by atoms with van der Waals surface area (Å²) in [6, 6.07) is 0. The Bertz CT molecular complexity index is 378. The molecule has 0 radical (unpaired) electrons. The van der Waals surface area contributed by atoms with E-state index in [1.807, 2.05) is 6.92 Å². The van der Waals surface area contributed by atoms with Crippen LogP contribution in [0.4, 0.5) is 0 Å². The van der Waals surface area contributed by atoms with E-state index in [1.165, 1.54) is 0 Å². The smallest absolute Gasteiger partial charge is 0.360 e. The molecule has 7 nitrogen and oxygen atoms in total. The zero-order valence-electron chi connectivity index (χ0n) is 10.3. The average Bonchev–Trinajstić information content (AvgIpc) is 2.72. The van der Waals surface area contributed by atoms with Gasteiger partial charge in [0.15, 0.2) is 5.69 Å². The second-order valence-electron chi connectivity index (χ2n) is 3.54. The Hall–Kier alpha value is -1.47. The van der Waals surface area contributed by atoms with Crippen molar-refractivity contribution in [2.75, 3.05) is 13.7 Å². The van der Waals surface area contributed by atoms with E-state index >= 15 is 0 Å². The molecule has 0 saturated heterocycles. The van der Waals surface area contributed by atoms with Crippen LogP contribution in [0.1, 0.15) is 30.0 Å². The van der Waals surface area contributed by atoms with E-state index in [0.717, 1.165) is 0 Å². The first-order valence-electron chi connectivity index (χ1n) is 5.46. The number of hydrogen-bond acceptors (Lipinski definition) is 6. The Balaban J connectivity index is 2.90. The molecule has 17 heavy (non-hydrogen) atoms. The minimum Gasteiger partial charge on any atom is -0.461 e. The van der Waals surface area contributed by atoms with Crippen molar-refractivity contribution < 1.29 is 14.3 Å². The van der Waals surface area contributed by atoms with E-state index < -0.39 is 5.97 Å². The highest BCUT2D eigenvalue weighted by atomic mass is 16.5. The molecule has 0 aromatic carbocycles. The molecular formula is C10H18N4O3. The van der Waals surface area contributed by atoms with Gasteiger partial charge in [0, 0.05) is 13.7 Å². The van der Waals surface area contributed by atoms with Gasteiger partial charge in [-0.3, -0.25) is 0 Å². The van der Waals surface area contributed by atoms with Crippen molar-refractivity contribution >= 4 is 5.97 Å². The third-order valence-corrected chi connectivity index (χ3v) is 2.33. The molecule has 0 fully saturated rings. The number of carbonyl (C=O) groups excluding carboxylic acids is 1. The third kappa shape index (κ3) is 3.24. The van der Waals surface area contributed by atoms with Gasteiger partial charge in [-0.25, -0.2) is 9.48 Å². The second kappa shape index (κ2) is 6.31. The first kappa shape index (κ1) is 13.6. The van der Waals surface area contributed by atoms with Crippen LogP contribution in [0, 0.1) is 0 Å². The van der Waals surface area contributed by atoms with Crippen molar-refractivity contribution in [3.05, 3.63) is 11.4 Å². The van der Waals surface area contributed by atoms with Crippen LogP contribution in [0.3, 0.4) is 0 Å². The molecule has 7 heteroatoms. The number of ether oxygens (including phenoxy) is 2. The fourth-order valence-electron chi connectivity index (χ4n) is 1.36. The molecule has 1 aromatic rings. The normalized spacial score (nSPS) is 12.5. The van der Waals surface area contributed by atoms with Gasteiger partial charge in [-0.1, -0.05) is 5.21 Å². The van der Waals surface area contributed by atoms with Gasteiger partial charge in [0.05, 0.1) is 24.9 Å². The van der Waals surface area contributed by atoms with Gasteiger partial charge in [-0.05, 0) is 13.8 Å². The number of hydrogen-bond donors (Lipinski definition) is 1. The lowest BCUT2D eigenvalue weighted by molar-refractivity contribution is 0.0517. The van der Waals surface area contributed by atoms with Crippen molar-refractivity contribution in [3.8, 4) is 0 Å². The average molecular weight is 242 g/mol. The molecule has 1 aromatic heterocycles. The fraction of sp³-hybridized carbons (Fsp3) is 0.700. The van der Waals surface area contributed by atoms with Gasteiger partial charge in [0.25, 0.3) is 0 Å². The number of carbonyl (C=O) groups is 1. The predicted molar refractivity (Wildman–Crippen MR) is 60.3 cm³/mol. The SMILES string of the molecule is CCOC(=O)c1nnn(CC(C)OC)c1CN. The Kier molecular flexibility index (Phi) is 5.05. The second-order valence-corrected chi connectivity index (χ2v) is 3.54. The lowest BCUT2D eigenvalue weighted by Gasteiger charge is -2.10. The number of nitrogens with two attached hydrogens (primary N) is 1. The Morgan fingerprint density at radius 1 is 1.59 bits per heavy atom. The monoisotopic (exact) mass is 242 g/mol. The molecule has 2 N–H and O–H groups in total. The summed E-state index contributed by atoms with van der Waals surface area (Å²) in [6.07, 6.45) is -0.0305. The zero-order chi connectivity index (χ0) is 12.8. The summed E-state index contributed by atoms with van der Waals surface area (Å²) in [5.74, 6) is -0.496. The van der Waals surface area contributed by atoms with Crippen LogP contribution in [0.2, 0.25) is 0 Å². The maximum absolute atomic E-state index is 11.6. The molecule has 0 saturated carbocycles.